The fourth-order valence-electron chi connectivity index (χ4n) is 2.21. The van der Waals surface area contributed by atoms with Crippen LogP contribution in [0.4, 0.5) is 0 Å². The van der Waals surface area contributed by atoms with Gasteiger partial charge in [0, 0.05) is 16.5 Å². The molecule has 0 aliphatic rings. The molecule has 22 heavy (non-hydrogen) atoms. The first-order valence-corrected chi connectivity index (χ1v) is 7.20. The average molecular weight is 317 g/mol. The van der Waals surface area contributed by atoms with E-state index in [1.807, 2.05) is 36.4 Å². The van der Waals surface area contributed by atoms with E-state index in [-0.39, 0.29) is 5.92 Å². The van der Waals surface area contributed by atoms with Crippen LogP contribution < -0.4 is 4.74 Å². The number of benzene rings is 2. The molecule has 2 aromatic rings. The summed E-state index contributed by atoms with van der Waals surface area (Å²) in [7, 11) is 1.61. The number of ether oxygens (including phenoxy) is 1. The second-order valence-electron chi connectivity index (χ2n) is 4.96. The second kappa shape index (κ2) is 7.14. The standard InChI is InChI=1S/C18H17ClO3/c1-12(18(20)21)10-17(13-6-8-15(19)9-7-13)14-4-3-5-16(11-14)22-2/h3-11,17H,1-2H3,(H,20,21). The Kier molecular flexibility index (Phi) is 5.23. The molecule has 0 amide bonds. The van der Waals surface area contributed by atoms with E-state index in [9.17, 15) is 4.79 Å². The van der Waals surface area contributed by atoms with Crippen LogP contribution in [0.3, 0.4) is 0 Å². The zero-order valence-corrected chi connectivity index (χ0v) is 13.2. The van der Waals surface area contributed by atoms with E-state index in [0.717, 1.165) is 16.9 Å². The molecule has 2 aromatic carbocycles. The Labute approximate surface area is 134 Å². The maximum atomic E-state index is 11.2. The predicted octanol–water partition coefficient (Wildman–Crippen LogP) is 4.51. The van der Waals surface area contributed by atoms with Gasteiger partial charge >= 0.3 is 5.97 Å². The summed E-state index contributed by atoms with van der Waals surface area (Å²) in [4.78, 5) is 11.2. The van der Waals surface area contributed by atoms with E-state index in [4.69, 9.17) is 21.4 Å². The van der Waals surface area contributed by atoms with Crippen molar-refractivity contribution in [3.05, 3.63) is 76.3 Å². The number of hydrogen-bond donors (Lipinski definition) is 1. The molecule has 0 bridgehead atoms. The molecule has 0 radical (unpaired) electrons. The van der Waals surface area contributed by atoms with E-state index in [1.54, 1.807) is 32.2 Å². The summed E-state index contributed by atoms with van der Waals surface area (Å²) < 4.78 is 5.25. The fraction of sp³-hybridized carbons (Fsp3) is 0.167. The number of carboxylic acid groups (broad SMARTS) is 1. The van der Waals surface area contributed by atoms with Crippen molar-refractivity contribution in [3.8, 4) is 5.75 Å². The second-order valence-corrected chi connectivity index (χ2v) is 5.40. The van der Waals surface area contributed by atoms with Crippen molar-refractivity contribution < 1.29 is 14.6 Å². The van der Waals surface area contributed by atoms with Gasteiger partial charge in [0.1, 0.15) is 5.75 Å². The number of halogens is 1. The van der Waals surface area contributed by atoms with Crippen LogP contribution in [0.1, 0.15) is 24.0 Å². The van der Waals surface area contributed by atoms with Gasteiger partial charge in [0.25, 0.3) is 0 Å². The first-order valence-electron chi connectivity index (χ1n) is 6.82. The third-order valence-corrected chi connectivity index (χ3v) is 3.69. The third kappa shape index (κ3) is 3.89. The Morgan fingerprint density at radius 1 is 1.18 bits per heavy atom. The molecule has 0 aliphatic heterocycles. The van der Waals surface area contributed by atoms with Crippen LogP contribution in [0.2, 0.25) is 5.02 Å². The minimum absolute atomic E-state index is 0.177. The van der Waals surface area contributed by atoms with Crippen LogP contribution in [0.15, 0.2) is 60.2 Å². The van der Waals surface area contributed by atoms with E-state index >= 15 is 0 Å². The summed E-state index contributed by atoms with van der Waals surface area (Å²) in [5, 5.41) is 9.80. The van der Waals surface area contributed by atoms with Crippen LogP contribution in [0.25, 0.3) is 0 Å². The highest BCUT2D eigenvalue weighted by Gasteiger charge is 2.14. The minimum Gasteiger partial charge on any atom is -0.497 e. The van der Waals surface area contributed by atoms with Crippen molar-refractivity contribution in [3.63, 3.8) is 0 Å². The van der Waals surface area contributed by atoms with Gasteiger partial charge < -0.3 is 9.84 Å². The molecule has 0 heterocycles. The molecule has 1 atom stereocenters. The summed E-state index contributed by atoms with van der Waals surface area (Å²) in [6.07, 6.45) is 1.74. The van der Waals surface area contributed by atoms with Gasteiger partial charge in [0.2, 0.25) is 0 Å². The number of carbonyl (C=O) groups is 1. The number of hydrogen-bond acceptors (Lipinski definition) is 2. The van der Waals surface area contributed by atoms with Crippen molar-refractivity contribution >= 4 is 17.6 Å². The van der Waals surface area contributed by atoms with Crippen molar-refractivity contribution in [2.24, 2.45) is 0 Å². The normalized spacial score (nSPS) is 12.8. The lowest BCUT2D eigenvalue weighted by molar-refractivity contribution is -0.132. The van der Waals surface area contributed by atoms with E-state index < -0.39 is 5.97 Å². The molecule has 0 saturated carbocycles. The van der Waals surface area contributed by atoms with E-state index in [1.165, 1.54) is 0 Å². The number of rotatable bonds is 5. The Morgan fingerprint density at radius 2 is 1.86 bits per heavy atom. The monoisotopic (exact) mass is 316 g/mol. The van der Waals surface area contributed by atoms with Crippen molar-refractivity contribution in [1.29, 1.82) is 0 Å². The summed E-state index contributed by atoms with van der Waals surface area (Å²) in [5.74, 6) is -0.372. The molecule has 0 aromatic heterocycles. The Balaban J connectivity index is 2.51. The largest absolute Gasteiger partial charge is 0.497 e. The highest BCUT2D eigenvalue weighted by atomic mass is 35.5. The molecule has 0 saturated heterocycles. The smallest absolute Gasteiger partial charge is 0.330 e. The number of allylic oxidation sites excluding steroid dienone is 1. The molecular weight excluding hydrogens is 300 g/mol. The maximum absolute atomic E-state index is 11.2. The highest BCUT2D eigenvalue weighted by molar-refractivity contribution is 6.30. The zero-order valence-electron chi connectivity index (χ0n) is 12.4. The number of methoxy groups -OCH3 is 1. The lowest BCUT2D eigenvalue weighted by Gasteiger charge is -2.16. The van der Waals surface area contributed by atoms with Gasteiger partial charge in [-0.25, -0.2) is 4.79 Å². The molecular formula is C18H17ClO3. The Bertz CT molecular complexity index is 690. The van der Waals surface area contributed by atoms with Gasteiger partial charge in [-0.1, -0.05) is 41.9 Å². The van der Waals surface area contributed by atoms with Crippen LogP contribution in [0, 0.1) is 0 Å². The van der Waals surface area contributed by atoms with Gasteiger partial charge in [-0.15, -0.1) is 0 Å². The van der Waals surface area contributed by atoms with Gasteiger partial charge in [0.15, 0.2) is 0 Å². The van der Waals surface area contributed by atoms with Crippen molar-refractivity contribution in [2.75, 3.05) is 7.11 Å². The van der Waals surface area contributed by atoms with Gasteiger partial charge in [0.05, 0.1) is 7.11 Å². The van der Waals surface area contributed by atoms with Crippen LogP contribution in [-0.2, 0) is 4.79 Å². The van der Waals surface area contributed by atoms with Gasteiger partial charge in [-0.3, -0.25) is 0 Å². The molecule has 0 fully saturated rings. The minimum atomic E-state index is -0.929. The summed E-state index contributed by atoms with van der Waals surface area (Å²) in [6.45, 7) is 1.59. The summed E-state index contributed by atoms with van der Waals surface area (Å²) in [6, 6.07) is 15.0. The molecule has 4 heteroatoms. The quantitative estimate of drug-likeness (QED) is 0.825. The van der Waals surface area contributed by atoms with Crippen molar-refractivity contribution in [1.82, 2.24) is 0 Å². The van der Waals surface area contributed by atoms with E-state index in [2.05, 4.69) is 0 Å². The summed E-state index contributed by atoms with van der Waals surface area (Å²) >= 11 is 5.94. The molecule has 1 unspecified atom stereocenters. The zero-order chi connectivity index (χ0) is 16.1. The van der Waals surface area contributed by atoms with Crippen LogP contribution in [0.5, 0.6) is 5.75 Å². The third-order valence-electron chi connectivity index (χ3n) is 3.44. The Morgan fingerprint density at radius 3 is 2.45 bits per heavy atom. The summed E-state index contributed by atoms with van der Waals surface area (Å²) in [5.41, 5.74) is 2.23. The average Bonchev–Trinajstić information content (AvgIpc) is 2.53. The molecule has 0 spiro atoms. The fourth-order valence-corrected chi connectivity index (χ4v) is 2.34. The molecule has 1 N–H and O–H groups in total. The van der Waals surface area contributed by atoms with Crippen LogP contribution in [-0.4, -0.2) is 18.2 Å². The van der Waals surface area contributed by atoms with Crippen molar-refractivity contribution in [2.45, 2.75) is 12.8 Å². The number of carboxylic acids is 1. The van der Waals surface area contributed by atoms with E-state index in [0.29, 0.717) is 10.6 Å². The van der Waals surface area contributed by atoms with Crippen LogP contribution >= 0.6 is 11.6 Å². The Hall–Kier alpha value is -2.26. The van der Waals surface area contributed by atoms with Gasteiger partial charge in [-0.05, 0) is 42.3 Å². The number of aliphatic carboxylic acids is 1. The lowest BCUT2D eigenvalue weighted by Crippen LogP contribution is -2.03. The molecule has 3 nitrogen and oxygen atoms in total. The molecule has 2 rings (SSSR count). The maximum Gasteiger partial charge on any atom is 0.330 e. The SMILES string of the molecule is COc1cccc(C(C=C(C)C(=O)O)c2ccc(Cl)cc2)c1. The highest BCUT2D eigenvalue weighted by Crippen LogP contribution is 2.30. The predicted molar refractivity (Wildman–Crippen MR) is 87.7 cm³/mol. The lowest BCUT2D eigenvalue weighted by atomic mass is 9.89. The first kappa shape index (κ1) is 16.1. The first-order chi connectivity index (χ1) is 10.5. The molecule has 114 valence electrons. The van der Waals surface area contributed by atoms with Gasteiger partial charge in [-0.2, -0.15) is 0 Å². The molecule has 0 aliphatic carbocycles. The topological polar surface area (TPSA) is 46.5 Å².